The normalized spacial score (nSPS) is 11.3. The molecule has 0 radical (unpaired) electrons. The minimum Gasteiger partial charge on any atom is -0.505 e. The molecule has 4 aromatic carbocycles. The minimum absolute atomic E-state index is 0.0790. The van der Waals surface area contributed by atoms with Crippen LogP contribution < -0.4 is 16.2 Å². The Kier molecular flexibility index (Phi) is 6.78. The van der Waals surface area contributed by atoms with E-state index in [0.29, 0.717) is 22.1 Å². The molecule has 4 rings (SSSR count). The van der Waals surface area contributed by atoms with Crippen LogP contribution in [0.2, 0.25) is 0 Å². The van der Waals surface area contributed by atoms with Gasteiger partial charge in [-0.2, -0.15) is 0 Å². The predicted octanol–water partition coefficient (Wildman–Crippen LogP) is 4.65. The quantitative estimate of drug-likeness (QED) is 0.227. The van der Waals surface area contributed by atoms with Gasteiger partial charge in [0.1, 0.15) is 11.5 Å². The first-order chi connectivity index (χ1) is 15.6. The van der Waals surface area contributed by atoms with Crippen LogP contribution in [-0.2, 0) is 14.6 Å². The molecule has 0 unspecified atom stereocenters. The molecular formula is C25H26N2O5S. The Morgan fingerprint density at radius 2 is 1.48 bits per heavy atom. The van der Waals surface area contributed by atoms with Gasteiger partial charge in [-0.1, -0.05) is 62.4 Å². The number of aromatic hydroxyl groups is 1. The summed E-state index contributed by atoms with van der Waals surface area (Å²) in [7, 11) is -2.60. The molecule has 0 aliphatic carbocycles. The number of phenols is 1. The maximum Gasteiger partial charge on any atom is 0.238 e. The van der Waals surface area contributed by atoms with Gasteiger partial charge >= 0.3 is 0 Å². The summed E-state index contributed by atoms with van der Waals surface area (Å²) in [4.78, 5) is 10.6. The van der Waals surface area contributed by atoms with E-state index in [1.807, 2.05) is 44.2 Å². The van der Waals surface area contributed by atoms with Crippen molar-refractivity contribution in [2.24, 2.45) is 0 Å². The molecule has 0 saturated carbocycles. The van der Waals surface area contributed by atoms with Crippen LogP contribution in [0.25, 0.3) is 21.5 Å². The number of phenolic OH excluding ortho intramolecular Hbond substituents is 1. The van der Waals surface area contributed by atoms with Crippen molar-refractivity contribution in [2.75, 3.05) is 18.6 Å². The lowest BCUT2D eigenvalue weighted by atomic mass is 9.96. The summed E-state index contributed by atoms with van der Waals surface area (Å²) in [6.07, 6.45) is 0. The summed E-state index contributed by atoms with van der Waals surface area (Å²) >= 11 is 0. The van der Waals surface area contributed by atoms with Crippen molar-refractivity contribution in [1.82, 2.24) is 0 Å². The number of hydrogen-bond acceptors (Lipinski definition) is 7. The van der Waals surface area contributed by atoms with Crippen LogP contribution in [0.3, 0.4) is 0 Å². The van der Waals surface area contributed by atoms with Gasteiger partial charge in [0.2, 0.25) is 15.5 Å². The van der Waals surface area contributed by atoms with Crippen LogP contribution in [0, 0.1) is 0 Å². The highest BCUT2D eigenvalue weighted by atomic mass is 32.2. The molecule has 4 aromatic rings. The SMILES string of the molecule is CC(C)c1cc2ccccc2c(N)c1O.COc1cc(S(=O)(=O)C=O)c2ccccc2c1N. The van der Waals surface area contributed by atoms with Gasteiger partial charge in [0.25, 0.3) is 0 Å². The zero-order chi connectivity index (χ0) is 24.3. The Hall–Kier alpha value is -3.78. The topological polar surface area (TPSA) is 133 Å². The summed E-state index contributed by atoms with van der Waals surface area (Å²) in [6.45, 7) is 4.09. The summed E-state index contributed by atoms with van der Waals surface area (Å²) in [6, 6.07) is 17.8. The van der Waals surface area contributed by atoms with Crippen LogP contribution in [0.5, 0.6) is 11.5 Å². The third kappa shape index (κ3) is 4.56. The standard InChI is InChI=1S/C13H15NO.C12H11NO4S/c1-8(2)11-7-9-5-3-4-6-10(9)12(14)13(11)15;1-17-10-6-11(18(15,16)7-14)8-4-2-3-5-9(8)12(10)13/h3-8,15H,14H2,1-2H3;2-7H,13H2,1H3. The van der Waals surface area contributed by atoms with E-state index in [0.717, 1.165) is 16.3 Å². The number of ether oxygens (including phenoxy) is 1. The van der Waals surface area contributed by atoms with Gasteiger partial charge in [-0.3, -0.25) is 4.79 Å². The first-order valence-corrected chi connectivity index (χ1v) is 11.7. The Morgan fingerprint density at radius 3 is 2.06 bits per heavy atom. The van der Waals surface area contributed by atoms with Crippen molar-refractivity contribution < 1.29 is 23.1 Å². The lowest BCUT2D eigenvalue weighted by molar-refractivity contribution is 0.416. The molecule has 7 nitrogen and oxygen atoms in total. The summed E-state index contributed by atoms with van der Waals surface area (Å²) in [5.41, 5.74) is 13.4. The van der Waals surface area contributed by atoms with Crippen LogP contribution in [0.4, 0.5) is 11.4 Å². The zero-order valence-electron chi connectivity index (χ0n) is 18.6. The van der Waals surface area contributed by atoms with Gasteiger partial charge in [-0.15, -0.1) is 0 Å². The number of rotatable bonds is 4. The highest BCUT2D eigenvalue weighted by Gasteiger charge is 2.20. The first-order valence-electron chi connectivity index (χ1n) is 10.2. The molecule has 0 spiro atoms. The lowest BCUT2D eigenvalue weighted by Gasteiger charge is -2.13. The van der Waals surface area contributed by atoms with Crippen molar-refractivity contribution in [2.45, 2.75) is 24.7 Å². The maximum atomic E-state index is 11.7. The smallest absolute Gasteiger partial charge is 0.238 e. The number of benzene rings is 4. The third-order valence-corrected chi connectivity index (χ3v) is 6.58. The Bertz CT molecular complexity index is 1450. The zero-order valence-corrected chi connectivity index (χ0v) is 19.4. The van der Waals surface area contributed by atoms with Crippen LogP contribution in [-0.4, -0.2) is 26.3 Å². The molecule has 0 bridgehead atoms. The number of anilines is 2. The van der Waals surface area contributed by atoms with E-state index < -0.39 is 9.84 Å². The average molecular weight is 467 g/mol. The van der Waals surface area contributed by atoms with E-state index in [9.17, 15) is 18.3 Å². The summed E-state index contributed by atoms with van der Waals surface area (Å²) in [5, 5.41) is 12.9. The second-order valence-corrected chi connectivity index (χ2v) is 9.50. The van der Waals surface area contributed by atoms with E-state index in [2.05, 4.69) is 0 Å². The molecule has 0 fully saturated rings. The molecule has 0 amide bonds. The Morgan fingerprint density at radius 1 is 0.909 bits per heavy atom. The molecule has 0 atom stereocenters. The third-order valence-electron chi connectivity index (χ3n) is 5.38. The van der Waals surface area contributed by atoms with Gasteiger partial charge in [-0.05, 0) is 22.9 Å². The minimum atomic E-state index is -3.99. The van der Waals surface area contributed by atoms with Crippen molar-refractivity contribution >= 4 is 48.4 Å². The van der Waals surface area contributed by atoms with Gasteiger partial charge in [0.15, 0.2) is 0 Å². The van der Waals surface area contributed by atoms with Crippen molar-refractivity contribution in [3.05, 3.63) is 66.2 Å². The molecule has 5 N–H and O–H groups in total. The maximum absolute atomic E-state index is 11.7. The highest BCUT2D eigenvalue weighted by Crippen LogP contribution is 2.37. The van der Waals surface area contributed by atoms with E-state index in [-0.39, 0.29) is 27.9 Å². The molecule has 172 valence electrons. The molecule has 0 aliphatic heterocycles. The van der Waals surface area contributed by atoms with E-state index in [1.54, 1.807) is 24.3 Å². The summed E-state index contributed by atoms with van der Waals surface area (Å²) < 4.78 is 28.5. The number of sulfone groups is 1. The fourth-order valence-corrected chi connectivity index (χ4v) is 4.48. The monoisotopic (exact) mass is 466 g/mol. The molecule has 0 saturated heterocycles. The fraction of sp³-hybridized carbons (Fsp3) is 0.160. The number of carbonyl (C=O) groups excluding carboxylic acids is 1. The van der Waals surface area contributed by atoms with Crippen molar-refractivity contribution in [3.8, 4) is 11.5 Å². The molecular weight excluding hydrogens is 440 g/mol. The highest BCUT2D eigenvalue weighted by molar-refractivity contribution is 8.04. The van der Waals surface area contributed by atoms with Crippen LogP contribution in [0.15, 0.2) is 65.6 Å². The van der Waals surface area contributed by atoms with E-state index in [1.165, 1.54) is 13.2 Å². The predicted molar refractivity (Wildman–Crippen MR) is 133 cm³/mol. The molecule has 0 aliphatic rings. The number of carbonyl (C=O) groups is 1. The number of fused-ring (bicyclic) bond motifs is 2. The van der Waals surface area contributed by atoms with Gasteiger partial charge < -0.3 is 21.3 Å². The second-order valence-electron chi connectivity index (χ2n) is 7.78. The number of methoxy groups -OCH3 is 1. The largest absolute Gasteiger partial charge is 0.505 e. The van der Waals surface area contributed by atoms with Crippen molar-refractivity contribution in [1.29, 1.82) is 0 Å². The van der Waals surface area contributed by atoms with E-state index in [4.69, 9.17) is 16.2 Å². The van der Waals surface area contributed by atoms with Crippen LogP contribution in [0.1, 0.15) is 25.3 Å². The number of nitrogen functional groups attached to an aromatic ring is 2. The molecule has 8 heteroatoms. The first kappa shape index (κ1) is 23.9. The van der Waals surface area contributed by atoms with E-state index >= 15 is 0 Å². The Balaban J connectivity index is 0.000000189. The van der Waals surface area contributed by atoms with Gasteiger partial charge in [0.05, 0.1) is 23.4 Å². The average Bonchev–Trinajstić information content (AvgIpc) is 2.82. The van der Waals surface area contributed by atoms with Crippen molar-refractivity contribution in [3.63, 3.8) is 0 Å². The fourth-order valence-electron chi connectivity index (χ4n) is 3.62. The lowest BCUT2D eigenvalue weighted by Crippen LogP contribution is -2.04. The molecule has 0 aromatic heterocycles. The Labute approximate surface area is 192 Å². The van der Waals surface area contributed by atoms with Gasteiger partial charge in [-0.25, -0.2) is 8.42 Å². The summed E-state index contributed by atoms with van der Waals surface area (Å²) in [5.74, 6) is 0.731. The molecule has 33 heavy (non-hydrogen) atoms. The second kappa shape index (κ2) is 9.38. The molecule has 0 heterocycles. The number of nitrogens with two attached hydrogens (primary N) is 2. The van der Waals surface area contributed by atoms with Gasteiger partial charge in [0, 0.05) is 22.2 Å². The van der Waals surface area contributed by atoms with Crippen LogP contribution >= 0.6 is 0 Å². The number of hydrogen-bond donors (Lipinski definition) is 3.